The minimum absolute atomic E-state index is 0.0437. The predicted molar refractivity (Wildman–Crippen MR) is 92.5 cm³/mol. The highest BCUT2D eigenvalue weighted by Gasteiger charge is 2.27. The summed E-state index contributed by atoms with van der Waals surface area (Å²) in [5.74, 6) is 1.42. The van der Waals surface area contributed by atoms with Crippen molar-refractivity contribution in [1.29, 1.82) is 0 Å². The molecule has 0 saturated carbocycles. The molecule has 0 spiro atoms. The van der Waals surface area contributed by atoms with Crippen LogP contribution in [0.1, 0.15) is 36.9 Å². The number of thioether (sulfide) groups is 1. The van der Waals surface area contributed by atoms with Crippen molar-refractivity contribution in [2.45, 2.75) is 32.4 Å². The van der Waals surface area contributed by atoms with E-state index in [9.17, 15) is 4.79 Å². The zero-order chi connectivity index (χ0) is 15.4. The van der Waals surface area contributed by atoms with Crippen LogP contribution in [-0.4, -0.2) is 53.0 Å². The predicted octanol–water partition coefficient (Wildman–Crippen LogP) is 2.54. The van der Waals surface area contributed by atoms with Gasteiger partial charge in [-0.05, 0) is 20.3 Å². The van der Waals surface area contributed by atoms with Crippen LogP contribution in [0.5, 0.6) is 0 Å². The second-order valence-corrected chi connectivity index (χ2v) is 7.42. The summed E-state index contributed by atoms with van der Waals surface area (Å²) >= 11 is 3.37. The molecule has 2 heterocycles. The van der Waals surface area contributed by atoms with Crippen molar-refractivity contribution in [1.82, 2.24) is 9.88 Å². The Bertz CT molecular complexity index is 487. The Labute approximate surface area is 134 Å². The monoisotopic (exact) mass is 328 g/mol. The third-order valence-corrected chi connectivity index (χ3v) is 6.24. The number of carbonyl (C=O) groups is 1. The van der Waals surface area contributed by atoms with Crippen LogP contribution < -0.4 is 10.6 Å². The maximum absolute atomic E-state index is 12.7. The number of nitrogen functional groups attached to an aromatic ring is 1. The van der Waals surface area contributed by atoms with Crippen molar-refractivity contribution < 1.29 is 4.79 Å². The molecule has 0 radical (unpaired) electrons. The van der Waals surface area contributed by atoms with Gasteiger partial charge in [0.1, 0.15) is 10.7 Å². The molecule has 0 aliphatic carbocycles. The Morgan fingerprint density at radius 3 is 2.76 bits per heavy atom. The van der Waals surface area contributed by atoms with Gasteiger partial charge in [-0.2, -0.15) is 11.8 Å². The van der Waals surface area contributed by atoms with Crippen molar-refractivity contribution in [2.75, 3.05) is 42.6 Å². The first-order chi connectivity index (χ1) is 10.1. The first kappa shape index (κ1) is 16.4. The van der Waals surface area contributed by atoms with E-state index in [2.05, 4.69) is 30.7 Å². The molecule has 1 fully saturated rings. The summed E-state index contributed by atoms with van der Waals surface area (Å²) < 4.78 is 0. The first-order valence-corrected chi connectivity index (χ1v) is 9.39. The van der Waals surface area contributed by atoms with Gasteiger partial charge in [0.05, 0.1) is 0 Å². The molecule has 1 unspecified atom stereocenters. The van der Waals surface area contributed by atoms with Crippen LogP contribution in [0, 0.1) is 0 Å². The molecule has 2 rings (SSSR count). The second kappa shape index (κ2) is 7.35. The van der Waals surface area contributed by atoms with Crippen LogP contribution in [0.3, 0.4) is 0 Å². The largest absolute Gasteiger partial charge is 0.382 e. The Kier molecular flexibility index (Phi) is 5.75. The zero-order valence-electron chi connectivity index (χ0n) is 13.0. The number of aromatic nitrogens is 1. The van der Waals surface area contributed by atoms with Gasteiger partial charge in [0, 0.05) is 37.2 Å². The molecule has 1 aliphatic rings. The fourth-order valence-electron chi connectivity index (χ4n) is 2.40. The van der Waals surface area contributed by atoms with E-state index >= 15 is 0 Å². The number of thiazole rings is 1. The lowest BCUT2D eigenvalue weighted by Crippen LogP contribution is -2.41. The van der Waals surface area contributed by atoms with E-state index in [0.29, 0.717) is 15.9 Å². The molecule has 1 aromatic heterocycles. The van der Waals surface area contributed by atoms with Gasteiger partial charge in [-0.25, -0.2) is 4.98 Å². The fourth-order valence-corrected chi connectivity index (χ4v) is 4.66. The SMILES string of the molecule is CCC1CN(C(=O)c2sc(N(CC)CC)nc2N)CCS1. The highest BCUT2D eigenvalue weighted by Crippen LogP contribution is 2.30. The minimum Gasteiger partial charge on any atom is -0.382 e. The Morgan fingerprint density at radius 2 is 2.14 bits per heavy atom. The molecule has 1 saturated heterocycles. The van der Waals surface area contributed by atoms with Gasteiger partial charge in [-0.3, -0.25) is 4.79 Å². The molecule has 118 valence electrons. The molecule has 1 aromatic rings. The maximum Gasteiger partial charge on any atom is 0.267 e. The molecule has 2 N–H and O–H groups in total. The van der Waals surface area contributed by atoms with Crippen LogP contribution in [0.4, 0.5) is 10.9 Å². The van der Waals surface area contributed by atoms with Crippen LogP contribution in [0.15, 0.2) is 0 Å². The fraction of sp³-hybridized carbons (Fsp3) is 0.714. The van der Waals surface area contributed by atoms with Gasteiger partial charge in [0.2, 0.25) is 0 Å². The summed E-state index contributed by atoms with van der Waals surface area (Å²) in [6.07, 6.45) is 1.09. The van der Waals surface area contributed by atoms with Crippen LogP contribution in [0.25, 0.3) is 0 Å². The van der Waals surface area contributed by atoms with E-state index in [1.165, 1.54) is 11.3 Å². The number of rotatable bonds is 5. The molecule has 0 bridgehead atoms. The van der Waals surface area contributed by atoms with E-state index in [-0.39, 0.29) is 5.91 Å². The van der Waals surface area contributed by atoms with E-state index in [4.69, 9.17) is 5.73 Å². The van der Waals surface area contributed by atoms with Crippen molar-refractivity contribution in [3.63, 3.8) is 0 Å². The Balaban J connectivity index is 2.15. The van der Waals surface area contributed by atoms with E-state index in [1.807, 2.05) is 16.7 Å². The quantitative estimate of drug-likeness (QED) is 0.900. The van der Waals surface area contributed by atoms with E-state index in [0.717, 1.165) is 43.5 Å². The van der Waals surface area contributed by atoms with Crippen LogP contribution in [0.2, 0.25) is 0 Å². The summed E-state index contributed by atoms with van der Waals surface area (Å²) in [5.41, 5.74) is 5.98. The molecular weight excluding hydrogens is 304 g/mol. The first-order valence-electron chi connectivity index (χ1n) is 7.52. The number of nitrogens with zero attached hydrogens (tertiary/aromatic N) is 3. The normalized spacial score (nSPS) is 18.8. The Hall–Kier alpha value is -0.950. The molecule has 1 amide bonds. The summed E-state index contributed by atoms with van der Waals surface area (Å²) in [4.78, 5) is 21.7. The third kappa shape index (κ3) is 3.63. The summed E-state index contributed by atoms with van der Waals surface area (Å²) in [7, 11) is 0. The second-order valence-electron chi connectivity index (χ2n) is 5.04. The van der Waals surface area contributed by atoms with Gasteiger partial charge < -0.3 is 15.5 Å². The highest BCUT2D eigenvalue weighted by molar-refractivity contribution is 8.00. The number of hydrogen-bond acceptors (Lipinski definition) is 6. The molecule has 7 heteroatoms. The third-order valence-electron chi connectivity index (χ3n) is 3.75. The molecule has 5 nitrogen and oxygen atoms in total. The summed E-state index contributed by atoms with van der Waals surface area (Å²) in [6, 6.07) is 0. The van der Waals surface area contributed by atoms with Crippen molar-refractivity contribution >= 4 is 40.0 Å². The number of anilines is 2. The highest BCUT2D eigenvalue weighted by atomic mass is 32.2. The summed E-state index contributed by atoms with van der Waals surface area (Å²) in [6.45, 7) is 9.69. The zero-order valence-corrected chi connectivity index (χ0v) is 14.6. The maximum atomic E-state index is 12.7. The van der Waals surface area contributed by atoms with Crippen LogP contribution >= 0.6 is 23.1 Å². The minimum atomic E-state index is 0.0437. The molecular formula is C14H24N4OS2. The average molecular weight is 329 g/mol. The smallest absolute Gasteiger partial charge is 0.267 e. The van der Waals surface area contributed by atoms with Gasteiger partial charge in [-0.15, -0.1) is 0 Å². The van der Waals surface area contributed by atoms with E-state index in [1.54, 1.807) is 0 Å². The van der Waals surface area contributed by atoms with Crippen molar-refractivity contribution in [3.8, 4) is 0 Å². The number of carbonyl (C=O) groups excluding carboxylic acids is 1. The van der Waals surface area contributed by atoms with Crippen molar-refractivity contribution in [2.24, 2.45) is 0 Å². The van der Waals surface area contributed by atoms with Gasteiger partial charge in [0.25, 0.3) is 5.91 Å². The van der Waals surface area contributed by atoms with Crippen LogP contribution in [-0.2, 0) is 0 Å². The van der Waals surface area contributed by atoms with Gasteiger partial charge in [0.15, 0.2) is 5.13 Å². The molecule has 1 atom stereocenters. The molecule has 0 aromatic carbocycles. The average Bonchev–Trinajstić information content (AvgIpc) is 2.89. The standard InChI is InChI=1S/C14H24N4OS2/c1-4-10-9-18(7-8-20-10)13(19)11-12(15)16-14(21-11)17(5-2)6-3/h10H,4-9,15H2,1-3H3. The number of hydrogen-bond donors (Lipinski definition) is 1. The lowest BCUT2D eigenvalue weighted by molar-refractivity contribution is 0.0766. The number of nitrogens with two attached hydrogens (primary N) is 1. The summed E-state index contributed by atoms with van der Waals surface area (Å²) in [5, 5.41) is 1.39. The van der Waals surface area contributed by atoms with E-state index < -0.39 is 0 Å². The molecule has 1 aliphatic heterocycles. The topological polar surface area (TPSA) is 62.5 Å². The number of amides is 1. The molecule has 21 heavy (non-hydrogen) atoms. The van der Waals surface area contributed by atoms with Gasteiger partial charge >= 0.3 is 0 Å². The lowest BCUT2D eigenvalue weighted by Gasteiger charge is -2.31. The van der Waals surface area contributed by atoms with Gasteiger partial charge in [-0.1, -0.05) is 18.3 Å². The van der Waals surface area contributed by atoms with Crippen molar-refractivity contribution in [3.05, 3.63) is 4.88 Å². The Morgan fingerprint density at radius 1 is 1.43 bits per heavy atom. The lowest BCUT2D eigenvalue weighted by atomic mass is 10.3.